The fourth-order valence-corrected chi connectivity index (χ4v) is 5.54. The Morgan fingerprint density at radius 1 is 1.27 bits per heavy atom. The molecule has 2 N–H and O–H groups in total. The number of fused-ring (bicyclic) bond motifs is 1. The molecule has 8 heteroatoms. The minimum absolute atomic E-state index is 0.162. The SMILES string of the molecule is CC(C)C[C@H](N)C(=O)N1CCC2C1C(=O)CN2S(=O)(=O)c1ccccc1. The standard InChI is InChI=1S/C18H25N3O4S/c1-12(2)10-14(19)18(23)20-9-8-15-17(20)16(22)11-21(15)26(24,25)13-6-4-3-5-7-13/h3-7,12,14-15,17H,8-11,19H2,1-2H3/t14-,15?,17?/m0/s1. The van der Waals surface area contributed by atoms with Crippen molar-refractivity contribution >= 4 is 21.7 Å². The van der Waals surface area contributed by atoms with E-state index in [9.17, 15) is 18.0 Å². The van der Waals surface area contributed by atoms with Gasteiger partial charge in [0.15, 0.2) is 5.78 Å². The van der Waals surface area contributed by atoms with Gasteiger partial charge in [-0.3, -0.25) is 9.59 Å². The molecule has 1 aromatic rings. The zero-order valence-corrected chi connectivity index (χ0v) is 15.9. The number of Topliss-reactive ketones (excluding diaryl/α,β-unsaturated/α-hetero) is 1. The first-order chi connectivity index (χ1) is 12.2. The van der Waals surface area contributed by atoms with E-state index in [1.54, 1.807) is 18.2 Å². The Kier molecular flexibility index (Phi) is 5.18. The van der Waals surface area contributed by atoms with Crippen LogP contribution in [0.25, 0.3) is 0 Å². The van der Waals surface area contributed by atoms with Crippen LogP contribution < -0.4 is 5.73 Å². The second-order valence-corrected chi connectivity index (χ2v) is 9.29. The smallest absolute Gasteiger partial charge is 0.243 e. The number of ketones is 1. The second kappa shape index (κ2) is 7.09. The highest BCUT2D eigenvalue weighted by Crippen LogP contribution is 2.34. The summed E-state index contributed by atoms with van der Waals surface area (Å²) < 4.78 is 27.1. The molecule has 1 aromatic carbocycles. The second-order valence-electron chi connectivity index (χ2n) is 7.40. The molecule has 7 nitrogen and oxygen atoms in total. The third-order valence-electron chi connectivity index (χ3n) is 5.05. The summed E-state index contributed by atoms with van der Waals surface area (Å²) >= 11 is 0. The van der Waals surface area contributed by atoms with Crippen LogP contribution in [-0.4, -0.2) is 60.5 Å². The van der Waals surface area contributed by atoms with Crippen molar-refractivity contribution in [2.45, 2.75) is 49.7 Å². The third-order valence-corrected chi connectivity index (χ3v) is 6.94. The first-order valence-corrected chi connectivity index (χ1v) is 10.3. The quantitative estimate of drug-likeness (QED) is 0.807. The molecule has 2 aliphatic rings. The number of sulfonamides is 1. The fraction of sp³-hybridized carbons (Fsp3) is 0.556. The van der Waals surface area contributed by atoms with Crippen LogP contribution in [0.1, 0.15) is 26.7 Å². The van der Waals surface area contributed by atoms with Gasteiger partial charge in [0.2, 0.25) is 15.9 Å². The molecular weight excluding hydrogens is 354 g/mol. The van der Waals surface area contributed by atoms with Gasteiger partial charge in [-0.2, -0.15) is 4.31 Å². The van der Waals surface area contributed by atoms with E-state index in [1.807, 2.05) is 13.8 Å². The van der Waals surface area contributed by atoms with Crippen LogP contribution in [0.3, 0.4) is 0 Å². The highest BCUT2D eigenvalue weighted by molar-refractivity contribution is 7.89. The lowest BCUT2D eigenvalue weighted by atomic mass is 10.0. The van der Waals surface area contributed by atoms with Crippen LogP contribution in [0.4, 0.5) is 0 Å². The molecule has 2 unspecified atom stereocenters. The summed E-state index contributed by atoms with van der Waals surface area (Å²) in [4.78, 5) is 26.9. The van der Waals surface area contributed by atoms with Crippen molar-refractivity contribution in [3.8, 4) is 0 Å². The molecule has 2 aliphatic heterocycles. The molecular formula is C18H25N3O4S. The van der Waals surface area contributed by atoms with E-state index in [2.05, 4.69) is 0 Å². The number of hydrogen-bond acceptors (Lipinski definition) is 5. The number of likely N-dealkylation sites (tertiary alicyclic amines) is 1. The number of rotatable bonds is 5. The van der Waals surface area contributed by atoms with Crippen LogP contribution in [0.2, 0.25) is 0 Å². The molecule has 0 aliphatic carbocycles. The van der Waals surface area contributed by atoms with E-state index in [0.29, 0.717) is 19.4 Å². The van der Waals surface area contributed by atoms with Gasteiger partial charge in [-0.15, -0.1) is 0 Å². The predicted octanol–water partition coefficient (Wildman–Crippen LogP) is 0.603. The first kappa shape index (κ1) is 19.0. The van der Waals surface area contributed by atoms with Gasteiger partial charge in [-0.1, -0.05) is 32.0 Å². The van der Waals surface area contributed by atoms with E-state index < -0.39 is 28.1 Å². The van der Waals surface area contributed by atoms with Crippen LogP contribution in [0, 0.1) is 5.92 Å². The highest BCUT2D eigenvalue weighted by Gasteiger charge is 2.54. The van der Waals surface area contributed by atoms with Gasteiger partial charge in [0, 0.05) is 6.54 Å². The van der Waals surface area contributed by atoms with Gasteiger partial charge in [0.1, 0.15) is 6.04 Å². The summed E-state index contributed by atoms with van der Waals surface area (Å²) in [6, 6.07) is 6.18. The van der Waals surface area contributed by atoms with Gasteiger partial charge < -0.3 is 10.6 Å². The molecule has 142 valence electrons. The lowest BCUT2D eigenvalue weighted by Gasteiger charge is -2.26. The van der Waals surface area contributed by atoms with Crippen LogP contribution in [0.15, 0.2) is 35.2 Å². The number of carbonyl (C=O) groups excluding carboxylic acids is 2. The van der Waals surface area contributed by atoms with Gasteiger partial charge >= 0.3 is 0 Å². The molecule has 2 fully saturated rings. The Bertz CT molecular complexity index is 794. The molecule has 3 atom stereocenters. The molecule has 2 heterocycles. The Balaban J connectivity index is 1.83. The summed E-state index contributed by atoms with van der Waals surface area (Å²) in [6.45, 7) is 4.12. The molecule has 0 saturated carbocycles. The van der Waals surface area contributed by atoms with Gasteiger partial charge in [0.25, 0.3) is 0 Å². The average molecular weight is 379 g/mol. The molecule has 1 amide bonds. The summed E-state index contributed by atoms with van der Waals surface area (Å²) in [7, 11) is -3.77. The average Bonchev–Trinajstić information content (AvgIpc) is 3.16. The summed E-state index contributed by atoms with van der Waals surface area (Å²) in [5.41, 5.74) is 6.00. The minimum Gasteiger partial charge on any atom is -0.330 e. The van der Waals surface area contributed by atoms with Crippen molar-refractivity contribution < 1.29 is 18.0 Å². The van der Waals surface area contributed by atoms with Crippen molar-refractivity contribution in [3.05, 3.63) is 30.3 Å². The molecule has 0 bridgehead atoms. The largest absolute Gasteiger partial charge is 0.330 e. The normalized spacial score (nSPS) is 24.9. The summed E-state index contributed by atoms with van der Waals surface area (Å²) in [6.07, 6.45) is 0.982. The number of nitrogens with two attached hydrogens (primary N) is 1. The highest BCUT2D eigenvalue weighted by atomic mass is 32.2. The van der Waals surface area contributed by atoms with Crippen molar-refractivity contribution in [3.63, 3.8) is 0 Å². The lowest BCUT2D eigenvalue weighted by molar-refractivity contribution is -0.137. The fourth-order valence-electron chi connectivity index (χ4n) is 3.89. The predicted molar refractivity (Wildman–Crippen MR) is 96.7 cm³/mol. The van der Waals surface area contributed by atoms with Crippen molar-refractivity contribution in [1.29, 1.82) is 0 Å². The number of amides is 1. The number of benzene rings is 1. The summed E-state index contributed by atoms with van der Waals surface area (Å²) in [5, 5.41) is 0. The molecule has 0 aromatic heterocycles. The zero-order valence-electron chi connectivity index (χ0n) is 15.0. The number of nitrogens with zero attached hydrogens (tertiary/aromatic N) is 2. The van der Waals surface area contributed by atoms with Gasteiger partial charge in [-0.25, -0.2) is 8.42 Å². The van der Waals surface area contributed by atoms with Gasteiger partial charge in [0.05, 0.1) is 23.5 Å². The van der Waals surface area contributed by atoms with Crippen LogP contribution in [-0.2, 0) is 19.6 Å². The van der Waals surface area contributed by atoms with E-state index in [4.69, 9.17) is 5.73 Å². The maximum Gasteiger partial charge on any atom is 0.243 e. The maximum absolute atomic E-state index is 12.9. The minimum atomic E-state index is -3.77. The Hall–Kier alpha value is -1.77. The Labute approximate surface area is 154 Å². The van der Waals surface area contributed by atoms with Crippen molar-refractivity contribution in [2.24, 2.45) is 11.7 Å². The summed E-state index contributed by atoms with van der Waals surface area (Å²) in [5.74, 6) is -0.239. The topological polar surface area (TPSA) is 101 Å². The van der Waals surface area contributed by atoms with E-state index >= 15 is 0 Å². The lowest BCUT2D eigenvalue weighted by Crippen LogP contribution is -2.50. The zero-order chi connectivity index (χ0) is 19.1. The van der Waals surface area contributed by atoms with E-state index in [-0.39, 0.29) is 29.0 Å². The molecule has 0 spiro atoms. The van der Waals surface area contributed by atoms with Crippen LogP contribution >= 0.6 is 0 Å². The van der Waals surface area contributed by atoms with Crippen molar-refractivity contribution in [1.82, 2.24) is 9.21 Å². The molecule has 26 heavy (non-hydrogen) atoms. The van der Waals surface area contributed by atoms with Crippen molar-refractivity contribution in [2.75, 3.05) is 13.1 Å². The Morgan fingerprint density at radius 3 is 2.54 bits per heavy atom. The molecule has 3 rings (SSSR count). The van der Waals surface area contributed by atoms with E-state index in [0.717, 1.165) is 0 Å². The first-order valence-electron chi connectivity index (χ1n) is 8.89. The Morgan fingerprint density at radius 2 is 1.92 bits per heavy atom. The molecule has 0 radical (unpaired) electrons. The monoisotopic (exact) mass is 379 g/mol. The van der Waals surface area contributed by atoms with Gasteiger partial charge in [-0.05, 0) is 30.9 Å². The third kappa shape index (κ3) is 3.28. The maximum atomic E-state index is 12.9. The molecule has 2 saturated heterocycles. The number of carbonyl (C=O) groups is 2. The van der Waals surface area contributed by atoms with Crippen LogP contribution in [0.5, 0.6) is 0 Å². The van der Waals surface area contributed by atoms with E-state index in [1.165, 1.54) is 21.3 Å². The number of hydrogen-bond donors (Lipinski definition) is 1.